The summed E-state index contributed by atoms with van der Waals surface area (Å²) in [6.07, 6.45) is 1.84. The normalized spacial score (nSPS) is 16.8. The predicted molar refractivity (Wildman–Crippen MR) is 204 cm³/mol. The van der Waals surface area contributed by atoms with Gasteiger partial charge in [0.1, 0.15) is 11.9 Å². The molecule has 2 heterocycles. The van der Waals surface area contributed by atoms with Crippen LogP contribution in [0.4, 0.5) is 5.69 Å². The van der Waals surface area contributed by atoms with Crippen molar-refractivity contribution in [2.45, 2.75) is 58.7 Å². The zero-order valence-electron chi connectivity index (χ0n) is 31.2. The highest BCUT2D eigenvalue weighted by Crippen LogP contribution is 2.50. The van der Waals surface area contributed by atoms with Crippen molar-refractivity contribution >= 4 is 28.4 Å². The third-order valence-electron chi connectivity index (χ3n) is 10.4. The molecule has 13 nitrogen and oxygen atoms in total. The summed E-state index contributed by atoms with van der Waals surface area (Å²) in [6.45, 7) is 8.15. The van der Waals surface area contributed by atoms with E-state index < -0.39 is 12.1 Å². The van der Waals surface area contributed by atoms with E-state index >= 15 is 0 Å². The molecule has 1 fully saturated rings. The van der Waals surface area contributed by atoms with Gasteiger partial charge >= 0.3 is 0 Å². The Morgan fingerprint density at radius 2 is 1.72 bits per heavy atom. The number of aryl methyl sites for hydroxylation is 1. The fourth-order valence-electron chi connectivity index (χ4n) is 7.42. The summed E-state index contributed by atoms with van der Waals surface area (Å²) in [4.78, 5) is 64.8. The zero-order valence-corrected chi connectivity index (χ0v) is 31.2. The van der Waals surface area contributed by atoms with Crippen LogP contribution in [-0.2, 0) is 22.6 Å². The monoisotopic (exact) mass is 724 g/mol. The predicted octanol–water partition coefficient (Wildman–Crippen LogP) is 4.27. The molecule has 2 amide bonds. The molecule has 0 bridgehead atoms. The number of H-pyrrole nitrogens is 1. The molecule has 0 saturated carbocycles. The van der Waals surface area contributed by atoms with Gasteiger partial charge in [0.2, 0.25) is 23.0 Å². The van der Waals surface area contributed by atoms with Crippen LogP contribution in [0, 0.1) is 5.92 Å². The van der Waals surface area contributed by atoms with E-state index in [-0.39, 0.29) is 34.4 Å². The van der Waals surface area contributed by atoms with Crippen molar-refractivity contribution in [2.24, 2.45) is 5.92 Å². The quantitative estimate of drug-likeness (QED) is 0.204. The van der Waals surface area contributed by atoms with Gasteiger partial charge in [0, 0.05) is 38.7 Å². The molecule has 6 rings (SSSR count). The molecular weight excluding hydrogens is 676 g/mol. The number of rotatable bonds is 11. The Morgan fingerprint density at radius 1 is 0.981 bits per heavy atom. The first-order valence-corrected chi connectivity index (χ1v) is 18.1. The number of carbonyl (C=O) groups is 2. The Balaban J connectivity index is 1.28. The lowest BCUT2D eigenvalue weighted by Gasteiger charge is -2.37. The number of aromatic amines is 1. The number of hydrogen-bond donors (Lipinski definition) is 3. The van der Waals surface area contributed by atoms with Crippen LogP contribution in [0.25, 0.3) is 22.0 Å². The number of hydrogen-bond acceptors (Lipinski definition) is 10. The number of ether oxygens (including phenoxy) is 3. The van der Waals surface area contributed by atoms with E-state index in [2.05, 4.69) is 25.5 Å². The average Bonchev–Trinajstić information content (AvgIpc) is 3.40. The molecule has 0 spiro atoms. The second-order valence-corrected chi connectivity index (χ2v) is 13.7. The summed E-state index contributed by atoms with van der Waals surface area (Å²) in [5.41, 5.74) is 3.51. The Labute approximate surface area is 308 Å². The number of methoxy groups -OCH3 is 3. The molecular formula is C40H48N6O7. The lowest BCUT2D eigenvalue weighted by molar-refractivity contribution is -0.135. The van der Waals surface area contributed by atoms with Gasteiger partial charge in [-0.25, -0.2) is 4.98 Å². The number of carbonyl (C=O) groups excluding carboxylic acids is 2. The maximum atomic E-state index is 14.2. The maximum Gasteiger partial charge on any atom is 0.258 e. The smallest absolute Gasteiger partial charge is 0.258 e. The number of para-hydroxylation sites is 1. The average molecular weight is 725 g/mol. The third kappa shape index (κ3) is 7.71. The summed E-state index contributed by atoms with van der Waals surface area (Å²) in [5, 5.41) is 6.94. The van der Waals surface area contributed by atoms with Crippen LogP contribution in [0.2, 0.25) is 0 Å². The van der Waals surface area contributed by atoms with Gasteiger partial charge in [-0.2, -0.15) is 0 Å². The van der Waals surface area contributed by atoms with Gasteiger partial charge in [0.25, 0.3) is 5.56 Å². The van der Waals surface area contributed by atoms with Gasteiger partial charge in [-0.3, -0.25) is 24.1 Å². The molecule has 3 N–H and O–H groups in total. The summed E-state index contributed by atoms with van der Waals surface area (Å²) < 4.78 is 17.3. The van der Waals surface area contributed by atoms with Crippen LogP contribution in [-0.4, -0.2) is 85.1 Å². The van der Waals surface area contributed by atoms with Crippen molar-refractivity contribution in [3.8, 4) is 28.4 Å². The molecule has 0 radical (unpaired) electrons. The number of benzene rings is 2. The number of nitrogens with zero attached hydrogens (tertiary/aromatic N) is 3. The lowest BCUT2D eigenvalue weighted by atomic mass is 9.95. The Hall–Kier alpha value is -5.43. The molecule has 280 valence electrons. The van der Waals surface area contributed by atoms with Gasteiger partial charge in [-0.15, -0.1) is 0 Å². The summed E-state index contributed by atoms with van der Waals surface area (Å²) >= 11 is 0. The number of nitrogens with one attached hydrogen (secondary N) is 3. The number of piperazine rings is 1. The molecule has 1 saturated heterocycles. The van der Waals surface area contributed by atoms with Crippen molar-refractivity contribution in [2.75, 3.05) is 52.8 Å². The van der Waals surface area contributed by atoms with Gasteiger partial charge in [0.15, 0.2) is 11.5 Å². The molecule has 1 aromatic heterocycles. The van der Waals surface area contributed by atoms with E-state index in [0.717, 1.165) is 11.1 Å². The standard InChI is InChI=1S/C40H48N6O7/c1-7-23(2)36(40(50)46-18-16-45(17-19-46)22-34-42-29-11-9-8-10-27(29)39(49)44-34)43-31-15-13-26-28(21-32(31)48)30(41-24(3)47)14-12-25-20-33(51-4)37(52-5)38(53-6)35(25)26/h8-11,13,15,20-21,23,30,36H,7,12,14,16-19,22H2,1-6H3,(H,41,47)(H,43,48)(H,42,44,49). The Morgan fingerprint density at radius 3 is 2.40 bits per heavy atom. The van der Waals surface area contributed by atoms with Gasteiger partial charge in [0.05, 0.1) is 50.5 Å². The van der Waals surface area contributed by atoms with E-state index in [1.807, 2.05) is 49.1 Å². The fourth-order valence-corrected chi connectivity index (χ4v) is 7.42. The molecule has 2 aliphatic rings. The first-order valence-electron chi connectivity index (χ1n) is 18.1. The molecule has 1 aliphatic carbocycles. The maximum absolute atomic E-state index is 14.2. The van der Waals surface area contributed by atoms with Gasteiger partial charge in [-0.05, 0) is 65.8 Å². The second-order valence-electron chi connectivity index (χ2n) is 13.7. The first kappa shape index (κ1) is 37.3. The number of aromatic nitrogens is 2. The largest absolute Gasteiger partial charge is 0.493 e. The van der Waals surface area contributed by atoms with Crippen LogP contribution >= 0.6 is 0 Å². The van der Waals surface area contributed by atoms with Crippen LogP contribution in [0.15, 0.2) is 58.1 Å². The SMILES string of the molecule is CCC(C)C(Nc1ccc2c(cc1=O)C(NC(C)=O)CCc1cc(OC)c(OC)c(OC)c1-2)C(=O)N1CCN(Cc2nc3ccccc3c(=O)[nH]2)CC1. The van der Waals surface area contributed by atoms with Crippen molar-refractivity contribution in [1.29, 1.82) is 0 Å². The fraction of sp³-hybridized carbons (Fsp3) is 0.425. The van der Waals surface area contributed by atoms with E-state index in [9.17, 15) is 19.2 Å². The highest BCUT2D eigenvalue weighted by atomic mass is 16.5. The molecule has 3 atom stereocenters. The van der Waals surface area contributed by atoms with Crippen LogP contribution in [0.1, 0.15) is 56.6 Å². The van der Waals surface area contributed by atoms with E-state index in [4.69, 9.17) is 14.2 Å². The number of amides is 2. The Kier molecular flexibility index (Phi) is 11.3. The summed E-state index contributed by atoms with van der Waals surface area (Å²) in [6, 6.07) is 13.2. The lowest BCUT2D eigenvalue weighted by Crippen LogP contribution is -2.54. The molecule has 1 aliphatic heterocycles. The second kappa shape index (κ2) is 16.1. The van der Waals surface area contributed by atoms with E-state index in [1.54, 1.807) is 39.5 Å². The van der Waals surface area contributed by atoms with Crippen LogP contribution < -0.4 is 35.8 Å². The highest BCUT2D eigenvalue weighted by molar-refractivity contribution is 5.86. The van der Waals surface area contributed by atoms with Crippen molar-refractivity contribution in [3.63, 3.8) is 0 Å². The number of fused-ring (bicyclic) bond motifs is 4. The molecule has 53 heavy (non-hydrogen) atoms. The van der Waals surface area contributed by atoms with Crippen molar-refractivity contribution < 1.29 is 23.8 Å². The Bertz CT molecular complexity index is 2130. The summed E-state index contributed by atoms with van der Waals surface area (Å²) in [5.74, 6) is 1.62. The topological polar surface area (TPSA) is 155 Å². The molecule has 4 aromatic rings. The molecule has 3 aromatic carbocycles. The molecule has 13 heteroatoms. The third-order valence-corrected chi connectivity index (χ3v) is 10.4. The zero-order chi connectivity index (χ0) is 37.8. The van der Waals surface area contributed by atoms with Gasteiger partial charge in [-0.1, -0.05) is 38.5 Å². The summed E-state index contributed by atoms with van der Waals surface area (Å²) in [7, 11) is 4.67. The highest BCUT2D eigenvalue weighted by Gasteiger charge is 2.33. The minimum atomic E-state index is -0.655. The van der Waals surface area contributed by atoms with Crippen molar-refractivity contribution in [3.05, 3.63) is 86.1 Å². The minimum Gasteiger partial charge on any atom is -0.493 e. The first-order chi connectivity index (χ1) is 25.6. The van der Waals surface area contributed by atoms with Gasteiger partial charge < -0.3 is 34.7 Å². The van der Waals surface area contributed by atoms with Crippen molar-refractivity contribution in [1.82, 2.24) is 25.1 Å². The van der Waals surface area contributed by atoms with Crippen LogP contribution in [0.5, 0.6) is 17.2 Å². The van der Waals surface area contributed by atoms with E-state index in [0.29, 0.717) is 97.1 Å². The molecule has 3 unspecified atom stereocenters. The van der Waals surface area contributed by atoms with Crippen LogP contribution in [0.3, 0.4) is 0 Å². The minimum absolute atomic E-state index is 0.0799. The van der Waals surface area contributed by atoms with E-state index in [1.165, 1.54) is 6.92 Å². The number of anilines is 1.